The third-order valence-corrected chi connectivity index (χ3v) is 5.12. The molecule has 0 unspecified atom stereocenters. The van der Waals surface area contributed by atoms with Crippen LogP contribution < -0.4 is 10.1 Å². The van der Waals surface area contributed by atoms with Crippen LogP contribution in [-0.2, 0) is 4.79 Å². The lowest BCUT2D eigenvalue weighted by molar-refractivity contribution is -0.129. The van der Waals surface area contributed by atoms with Crippen LogP contribution in [0.15, 0.2) is 47.5 Å². The zero-order valence-electron chi connectivity index (χ0n) is 15.1. The van der Waals surface area contributed by atoms with Crippen LogP contribution in [0.4, 0.5) is 16.5 Å². The maximum absolute atomic E-state index is 11.7. The topological polar surface area (TPSA) is 124 Å². The predicted molar refractivity (Wildman–Crippen MR) is 111 cm³/mol. The second-order valence-electron chi connectivity index (χ2n) is 6.09. The molecule has 0 radical (unpaired) electrons. The lowest BCUT2D eigenvalue weighted by Gasteiger charge is -2.04. The molecule has 1 aromatic heterocycles. The number of aliphatic imine (C=N–C) groups is 1. The molecule has 4 N–H and O–H groups in total. The second kappa shape index (κ2) is 7.28. The van der Waals surface area contributed by atoms with Crippen molar-refractivity contribution in [3.63, 3.8) is 0 Å². The van der Waals surface area contributed by atoms with E-state index in [9.17, 15) is 20.1 Å². The first-order valence-electron chi connectivity index (χ1n) is 8.43. The summed E-state index contributed by atoms with van der Waals surface area (Å²) in [7, 11) is 1.52. The van der Waals surface area contributed by atoms with Gasteiger partial charge < -0.3 is 25.4 Å². The summed E-state index contributed by atoms with van der Waals surface area (Å²) in [6.45, 7) is 0. The molecule has 0 spiro atoms. The molecule has 4 rings (SSSR count). The fourth-order valence-corrected chi connectivity index (χ4v) is 3.67. The van der Waals surface area contributed by atoms with Crippen LogP contribution in [0.2, 0.25) is 0 Å². The number of benzene rings is 2. The quantitative estimate of drug-likeness (QED) is 0.469. The highest BCUT2D eigenvalue weighted by atomic mass is 32.1. The molecule has 2 heterocycles. The maximum atomic E-state index is 11.7. The number of ether oxygens (including phenoxy) is 1. The number of methoxy groups -OCH3 is 1. The first-order valence-corrected chi connectivity index (χ1v) is 9.24. The summed E-state index contributed by atoms with van der Waals surface area (Å²) in [6.07, 6.45) is 1.56. The summed E-state index contributed by atoms with van der Waals surface area (Å²) < 4.78 is 5.17. The van der Waals surface area contributed by atoms with Crippen LogP contribution >= 0.6 is 11.3 Å². The van der Waals surface area contributed by atoms with Crippen molar-refractivity contribution in [2.24, 2.45) is 4.99 Å². The maximum Gasteiger partial charge on any atom is 0.355 e. The molecule has 0 atom stereocenters. The number of fused-ring (bicyclic) bond motifs is 1. The number of aliphatic carboxylic acids is 1. The standard InChI is InChI=1S/C20H15N3O5S/c1-28-12-6-7-13-14(17(19(26)27)22-15(13)8-12)9-16-18(25)23-20(29-16)21-10-2-4-11(24)5-3-10/h2-9,24-25H,1H3,(H,21,23)(H,26,27)/b14-9+. The number of aromatic nitrogens is 1. The smallest absolute Gasteiger partial charge is 0.355 e. The summed E-state index contributed by atoms with van der Waals surface area (Å²) in [4.78, 5) is 20.3. The monoisotopic (exact) mass is 409 g/mol. The van der Waals surface area contributed by atoms with Gasteiger partial charge in [0, 0.05) is 22.9 Å². The van der Waals surface area contributed by atoms with Crippen molar-refractivity contribution in [2.45, 2.75) is 0 Å². The number of phenols is 1. The average Bonchev–Trinajstić information content (AvgIpc) is 3.23. The van der Waals surface area contributed by atoms with Crippen LogP contribution in [0.5, 0.6) is 17.4 Å². The number of anilines is 2. The molecule has 146 valence electrons. The molecular formula is C20H15N3O5S. The van der Waals surface area contributed by atoms with Gasteiger partial charge in [-0.3, -0.25) is 0 Å². The van der Waals surface area contributed by atoms with Gasteiger partial charge in [-0.25, -0.2) is 9.79 Å². The van der Waals surface area contributed by atoms with E-state index in [0.29, 0.717) is 38.3 Å². The van der Waals surface area contributed by atoms with Gasteiger partial charge in [0.15, 0.2) is 10.8 Å². The minimum atomic E-state index is -1.17. The fourth-order valence-electron chi connectivity index (χ4n) is 2.85. The third kappa shape index (κ3) is 3.63. The minimum Gasteiger partial charge on any atom is -0.508 e. The van der Waals surface area contributed by atoms with Gasteiger partial charge in [0.25, 0.3) is 0 Å². The van der Waals surface area contributed by atoms with E-state index in [1.54, 1.807) is 36.4 Å². The van der Waals surface area contributed by atoms with Gasteiger partial charge in [0.1, 0.15) is 11.5 Å². The molecule has 29 heavy (non-hydrogen) atoms. The summed E-state index contributed by atoms with van der Waals surface area (Å²) in [5.74, 6) is -0.687. The van der Waals surface area contributed by atoms with E-state index in [2.05, 4.69) is 15.3 Å². The first kappa shape index (κ1) is 18.5. The second-order valence-corrected chi connectivity index (χ2v) is 7.12. The van der Waals surface area contributed by atoms with E-state index in [1.165, 1.54) is 19.2 Å². The summed E-state index contributed by atoms with van der Waals surface area (Å²) in [5.41, 5.74) is 2.06. The third-order valence-electron chi connectivity index (χ3n) is 4.21. The molecule has 0 saturated heterocycles. The number of carbonyl (C=O) groups is 1. The molecule has 0 aliphatic carbocycles. The largest absolute Gasteiger partial charge is 0.508 e. The summed E-state index contributed by atoms with van der Waals surface area (Å²) in [6, 6.07) is 11.5. The Morgan fingerprint density at radius 3 is 2.62 bits per heavy atom. The van der Waals surface area contributed by atoms with Crippen molar-refractivity contribution in [2.75, 3.05) is 12.4 Å². The number of hydrogen-bond donors (Lipinski definition) is 4. The van der Waals surface area contributed by atoms with Crippen molar-refractivity contribution in [1.29, 1.82) is 0 Å². The molecule has 0 bridgehead atoms. The van der Waals surface area contributed by atoms with E-state index >= 15 is 0 Å². The fraction of sp³-hybridized carbons (Fsp3) is 0.0500. The van der Waals surface area contributed by atoms with Crippen molar-refractivity contribution >= 4 is 51.2 Å². The molecular weight excluding hydrogens is 394 g/mol. The van der Waals surface area contributed by atoms with Gasteiger partial charge >= 0.3 is 5.97 Å². The normalized spacial score (nSPS) is 13.8. The van der Waals surface area contributed by atoms with Gasteiger partial charge in [0.05, 0.1) is 17.7 Å². The van der Waals surface area contributed by atoms with E-state index in [1.807, 2.05) is 0 Å². The van der Waals surface area contributed by atoms with Gasteiger partial charge in [0.2, 0.25) is 5.88 Å². The predicted octanol–water partition coefficient (Wildman–Crippen LogP) is 4.02. The Labute approximate surface area is 169 Å². The van der Waals surface area contributed by atoms with Crippen LogP contribution in [0.25, 0.3) is 11.6 Å². The number of phenolic OH excluding ortho intramolecular Hbond substituents is 1. The van der Waals surface area contributed by atoms with Crippen LogP contribution in [-0.4, -0.2) is 39.1 Å². The molecule has 2 aromatic carbocycles. The Morgan fingerprint density at radius 1 is 1.17 bits per heavy atom. The van der Waals surface area contributed by atoms with E-state index in [-0.39, 0.29) is 17.3 Å². The lowest BCUT2D eigenvalue weighted by Crippen LogP contribution is -2.11. The number of thiazole rings is 1. The van der Waals surface area contributed by atoms with E-state index in [4.69, 9.17) is 4.74 Å². The molecule has 3 aromatic rings. The Kier molecular flexibility index (Phi) is 4.65. The number of carboxylic acids is 1. The molecule has 8 nitrogen and oxygen atoms in total. The van der Waals surface area contributed by atoms with Crippen molar-refractivity contribution in [1.82, 2.24) is 4.98 Å². The zero-order chi connectivity index (χ0) is 20.5. The highest BCUT2D eigenvalue weighted by Crippen LogP contribution is 2.41. The van der Waals surface area contributed by atoms with Gasteiger partial charge in [-0.05, 0) is 42.5 Å². The Balaban J connectivity index is 1.70. The average molecular weight is 409 g/mol. The highest BCUT2D eigenvalue weighted by molar-refractivity contribution is 7.16. The summed E-state index contributed by atoms with van der Waals surface area (Å²) >= 11 is 1.16. The SMILES string of the molecule is COc1ccc2c(c1)N=C(C(=O)O)/C2=C/c1sc(Nc2ccc(O)cc2)nc1O. The van der Waals surface area contributed by atoms with Crippen LogP contribution in [0, 0.1) is 0 Å². The highest BCUT2D eigenvalue weighted by Gasteiger charge is 2.27. The Morgan fingerprint density at radius 2 is 1.93 bits per heavy atom. The van der Waals surface area contributed by atoms with Gasteiger partial charge in [-0.1, -0.05) is 11.3 Å². The molecule has 0 fully saturated rings. The Bertz CT molecular complexity index is 1170. The minimum absolute atomic E-state index is 0.117. The molecule has 1 aliphatic rings. The van der Waals surface area contributed by atoms with E-state index in [0.717, 1.165) is 11.3 Å². The molecule has 9 heteroatoms. The summed E-state index contributed by atoms with van der Waals surface area (Å²) in [5, 5.41) is 32.6. The Hall–Kier alpha value is -3.85. The number of nitrogens with zero attached hydrogens (tertiary/aromatic N) is 2. The molecule has 1 aliphatic heterocycles. The van der Waals surface area contributed by atoms with Gasteiger partial charge in [-0.2, -0.15) is 4.98 Å². The zero-order valence-corrected chi connectivity index (χ0v) is 15.9. The van der Waals surface area contributed by atoms with Crippen molar-refractivity contribution in [3.8, 4) is 17.4 Å². The first-order chi connectivity index (χ1) is 13.9. The van der Waals surface area contributed by atoms with E-state index < -0.39 is 5.97 Å². The number of rotatable bonds is 5. The number of hydrogen-bond acceptors (Lipinski definition) is 8. The van der Waals surface area contributed by atoms with Crippen LogP contribution in [0.1, 0.15) is 10.4 Å². The number of aromatic hydroxyl groups is 2. The molecule has 0 saturated carbocycles. The van der Waals surface area contributed by atoms with Crippen LogP contribution in [0.3, 0.4) is 0 Å². The van der Waals surface area contributed by atoms with Crippen molar-refractivity contribution < 1.29 is 24.9 Å². The lowest BCUT2D eigenvalue weighted by atomic mass is 10.0. The number of nitrogens with one attached hydrogen (secondary N) is 1. The number of carboxylic acid groups (broad SMARTS) is 1. The molecule has 0 amide bonds. The van der Waals surface area contributed by atoms with Crippen molar-refractivity contribution in [3.05, 3.63) is 52.9 Å². The van der Waals surface area contributed by atoms with Gasteiger partial charge in [-0.15, -0.1) is 0 Å².